The molecule has 24 heavy (non-hydrogen) atoms. The summed E-state index contributed by atoms with van der Waals surface area (Å²) in [6.07, 6.45) is 12.1. The number of allylic oxidation sites excluding steroid dienone is 3. The van der Waals surface area contributed by atoms with Gasteiger partial charge < -0.3 is 5.11 Å². The van der Waals surface area contributed by atoms with Crippen LogP contribution in [-0.2, 0) is 9.68 Å². The molecular weight excluding hydrogens is 304 g/mol. The zero-order valence-corrected chi connectivity index (χ0v) is 14.0. The molecule has 0 saturated heterocycles. The number of aliphatic hydroxyl groups is 1. The Hall–Kier alpha value is -1.41. The van der Waals surface area contributed by atoms with E-state index in [1.165, 1.54) is 5.57 Å². The number of carbonyl (C=O) groups excluding carboxylic acids is 1. The molecule has 2 N–H and O–H groups in total. The van der Waals surface area contributed by atoms with Crippen molar-refractivity contribution < 1.29 is 20.0 Å². The lowest BCUT2D eigenvalue weighted by molar-refractivity contribution is -0.286. The van der Waals surface area contributed by atoms with Crippen LogP contribution in [0.5, 0.6) is 0 Å². The molecule has 0 aromatic heterocycles. The third kappa shape index (κ3) is 1.95. The summed E-state index contributed by atoms with van der Waals surface area (Å²) < 4.78 is 0. The van der Waals surface area contributed by atoms with Gasteiger partial charge in [0.2, 0.25) is 0 Å². The van der Waals surface area contributed by atoms with Crippen LogP contribution >= 0.6 is 0 Å². The molecule has 2 fully saturated rings. The van der Waals surface area contributed by atoms with Crippen molar-refractivity contribution in [3.63, 3.8) is 0 Å². The molecule has 0 aliphatic heterocycles. The fraction of sp³-hybridized carbons (Fsp3) is 0.650. The summed E-state index contributed by atoms with van der Waals surface area (Å²) in [4.78, 5) is 16.6. The van der Waals surface area contributed by atoms with Gasteiger partial charge in [-0.1, -0.05) is 12.8 Å². The Labute approximate surface area is 142 Å². The molecule has 0 heterocycles. The van der Waals surface area contributed by atoms with Crippen LogP contribution < -0.4 is 0 Å². The molecule has 4 heteroatoms. The van der Waals surface area contributed by atoms with E-state index in [4.69, 9.17) is 11.3 Å². The van der Waals surface area contributed by atoms with E-state index in [1.54, 1.807) is 6.08 Å². The van der Waals surface area contributed by atoms with Gasteiger partial charge in [-0.2, -0.15) is 0 Å². The van der Waals surface area contributed by atoms with E-state index in [2.05, 4.69) is 5.92 Å². The predicted octanol–water partition coefficient (Wildman–Crippen LogP) is 3.02. The van der Waals surface area contributed by atoms with Crippen LogP contribution in [0.25, 0.3) is 0 Å². The topological polar surface area (TPSA) is 66.8 Å². The first-order valence-corrected chi connectivity index (χ1v) is 8.90. The number of carbonyl (C=O) groups is 1. The Morgan fingerprint density at radius 3 is 2.83 bits per heavy atom. The number of hydrogen-bond acceptors (Lipinski definition) is 4. The summed E-state index contributed by atoms with van der Waals surface area (Å²) in [6, 6.07) is 0. The average Bonchev–Trinajstić information content (AvgIpc) is 2.85. The summed E-state index contributed by atoms with van der Waals surface area (Å²) in [5, 5.41) is 20.6. The van der Waals surface area contributed by atoms with Crippen molar-refractivity contribution in [2.75, 3.05) is 0 Å². The maximum atomic E-state index is 11.8. The van der Waals surface area contributed by atoms with E-state index in [0.717, 1.165) is 36.8 Å². The summed E-state index contributed by atoms with van der Waals surface area (Å²) in [5.41, 5.74) is 1.90. The molecule has 0 amide bonds. The maximum absolute atomic E-state index is 11.8. The van der Waals surface area contributed by atoms with Crippen LogP contribution in [0.4, 0.5) is 0 Å². The quantitative estimate of drug-likeness (QED) is 0.441. The fourth-order valence-electron chi connectivity index (χ4n) is 5.92. The average molecular weight is 328 g/mol. The molecular formula is C20H24O4. The largest absolute Gasteiger partial charge is 0.377 e. The minimum absolute atomic E-state index is 0.192. The van der Waals surface area contributed by atoms with E-state index in [0.29, 0.717) is 25.2 Å². The second kappa shape index (κ2) is 5.29. The van der Waals surface area contributed by atoms with Gasteiger partial charge in [-0.05, 0) is 73.2 Å². The second-order valence-electron chi connectivity index (χ2n) is 8.08. The van der Waals surface area contributed by atoms with E-state index in [9.17, 15) is 15.2 Å². The van der Waals surface area contributed by atoms with Crippen molar-refractivity contribution in [3.8, 4) is 12.3 Å². The van der Waals surface area contributed by atoms with Crippen molar-refractivity contribution >= 4 is 5.78 Å². The second-order valence-corrected chi connectivity index (χ2v) is 8.08. The Balaban J connectivity index is 1.83. The van der Waals surface area contributed by atoms with Gasteiger partial charge in [0.05, 0.1) is 0 Å². The molecule has 0 spiro atoms. The molecule has 0 aromatic rings. The Kier molecular flexibility index (Phi) is 3.55. The van der Waals surface area contributed by atoms with Crippen molar-refractivity contribution in [2.45, 2.75) is 63.6 Å². The molecule has 5 atom stereocenters. The highest BCUT2D eigenvalue weighted by Crippen LogP contribution is 2.63. The number of fused-ring (bicyclic) bond motifs is 4. The van der Waals surface area contributed by atoms with Crippen LogP contribution in [0.15, 0.2) is 22.8 Å². The van der Waals surface area contributed by atoms with Gasteiger partial charge in [-0.15, -0.1) is 6.42 Å². The highest BCUT2D eigenvalue weighted by atomic mass is 17.1. The van der Waals surface area contributed by atoms with Gasteiger partial charge in [0, 0.05) is 11.8 Å². The highest BCUT2D eigenvalue weighted by Gasteiger charge is 2.62. The summed E-state index contributed by atoms with van der Waals surface area (Å²) in [5.74, 6) is 3.39. The van der Waals surface area contributed by atoms with Crippen LogP contribution in [0.1, 0.15) is 51.9 Å². The van der Waals surface area contributed by atoms with Crippen molar-refractivity contribution in [1.82, 2.24) is 0 Å². The van der Waals surface area contributed by atoms with Crippen LogP contribution in [0.2, 0.25) is 0 Å². The van der Waals surface area contributed by atoms with E-state index >= 15 is 0 Å². The standard InChI is InChI=1S/C20H24O4/c1-3-20(22)9-8-16-15-6-4-12-10-13(21)5-7-14(12)18(15)17(24-23)11-19(16,20)2/h1,10,15-17,22-23H,4-9,11H2,2H3/t15-,16-,17-,19-,20-/m0/s1. The predicted molar refractivity (Wildman–Crippen MR) is 88.8 cm³/mol. The van der Waals surface area contributed by atoms with Crippen molar-refractivity contribution in [1.29, 1.82) is 0 Å². The van der Waals surface area contributed by atoms with Crippen molar-refractivity contribution in [3.05, 3.63) is 22.8 Å². The SMILES string of the molecule is C#C[C@]1(O)CC[C@H]2[C@@H]3CCC4=CC(=O)CCC4=C3[C@@H](OO)C[C@@]21C. The number of ketones is 1. The number of terminal acetylenes is 1. The van der Waals surface area contributed by atoms with Crippen LogP contribution in [0, 0.1) is 29.6 Å². The first-order valence-electron chi connectivity index (χ1n) is 8.90. The van der Waals surface area contributed by atoms with Gasteiger partial charge in [-0.25, -0.2) is 4.89 Å². The molecule has 0 radical (unpaired) electrons. The molecule has 0 bridgehead atoms. The van der Waals surface area contributed by atoms with Gasteiger partial charge in [0.25, 0.3) is 0 Å². The van der Waals surface area contributed by atoms with Gasteiger partial charge >= 0.3 is 0 Å². The molecule has 128 valence electrons. The summed E-state index contributed by atoms with van der Waals surface area (Å²) >= 11 is 0. The van der Waals surface area contributed by atoms with Gasteiger partial charge in [0.1, 0.15) is 11.7 Å². The zero-order valence-electron chi connectivity index (χ0n) is 14.0. The van der Waals surface area contributed by atoms with E-state index in [-0.39, 0.29) is 11.7 Å². The molecule has 4 aliphatic rings. The van der Waals surface area contributed by atoms with Crippen LogP contribution in [0.3, 0.4) is 0 Å². The third-order valence-corrected chi connectivity index (χ3v) is 7.21. The molecule has 2 saturated carbocycles. The van der Waals surface area contributed by atoms with E-state index < -0.39 is 17.1 Å². The van der Waals surface area contributed by atoms with Crippen molar-refractivity contribution in [2.24, 2.45) is 17.3 Å². The van der Waals surface area contributed by atoms with Gasteiger partial charge in [-0.3, -0.25) is 10.1 Å². The minimum atomic E-state index is -1.14. The molecule has 4 rings (SSSR count). The maximum Gasteiger partial charge on any atom is 0.156 e. The number of rotatable bonds is 1. The lowest BCUT2D eigenvalue weighted by Crippen LogP contribution is -2.53. The van der Waals surface area contributed by atoms with Gasteiger partial charge in [0.15, 0.2) is 5.78 Å². The lowest BCUT2D eigenvalue weighted by Gasteiger charge is -2.52. The number of hydrogen-bond donors (Lipinski definition) is 2. The summed E-state index contributed by atoms with van der Waals surface area (Å²) in [7, 11) is 0. The smallest absolute Gasteiger partial charge is 0.156 e. The fourth-order valence-corrected chi connectivity index (χ4v) is 5.92. The highest BCUT2D eigenvalue weighted by molar-refractivity contribution is 5.93. The normalized spacial score (nSPS) is 44.3. The Bertz CT molecular complexity index is 697. The monoisotopic (exact) mass is 328 g/mol. The van der Waals surface area contributed by atoms with Crippen LogP contribution in [-0.4, -0.2) is 27.9 Å². The Morgan fingerprint density at radius 1 is 1.33 bits per heavy atom. The molecule has 4 nitrogen and oxygen atoms in total. The zero-order chi connectivity index (χ0) is 17.1. The Morgan fingerprint density at radius 2 is 2.12 bits per heavy atom. The first-order chi connectivity index (χ1) is 11.4. The lowest BCUT2D eigenvalue weighted by atomic mass is 9.54. The third-order valence-electron chi connectivity index (χ3n) is 7.21. The molecule has 4 aliphatic carbocycles. The minimum Gasteiger partial charge on any atom is -0.377 e. The first kappa shape index (κ1) is 16.1. The molecule has 0 unspecified atom stereocenters. The summed E-state index contributed by atoms with van der Waals surface area (Å²) in [6.45, 7) is 2.05. The van der Waals surface area contributed by atoms with E-state index in [1.807, 2.05) is 6.92 Å². The molecule has 0 aromatic carbocycles.